The van der Waals surface area contributed by atoms with E-state index < -0.39 is 0 Å². The van der Waals surface area contributed by atoms with Crippen LogP contribution in [0.1, 0.15) is 24.9 Å². The highest BCUT2D eigenvalue weighted by Gasteiger charge is 2.13. The first-order valence-corrected chi connectivity index (χ1v) is 6.95. The summed E-state index contributed by atoms with van der Waals surface area (Å²) < 4.78 is 10.6. The number of aromatic hydroxyl groups is 1. The van der Waals surface area contributed by atoms with Gasteiger partial charge in [0.15, 0.2) is 0 Å². The quantitative estimate of drug-likeness (QED) is 0.844. The van der Waals surface area contributed by atoms with Crippen LogP contribution in [0.25, 0.3) is 0 Å². The van der Waals surface area contributed by atoms with Crippen LogP contribution >= 0.6 is 0 Å². The largest absolute Gasteiger partial charge is 0.508 e. The van der Waals surface area contributed by atoms with E-state index in [1.54, 1.807) is 26.4 Å². The Kier molecular flexibility index (Phi) is 4.93. The van der Waals surface area contributed by atoms with E-state index >= 15 is 0 Å². The Balaban J connectivity index is 2.27. The molecular formula is C17H21NO3. The molecule has 2 aromatic rings. The summed E-state index contributed by atoms with van der Waals surface area (Å²) in [4.78, 5) is 0. The van der Waals surface area contributed by atoms with Gasteiger partial charge in [-0.25, -0.2) is 0 Å². The monoisotopic (exact) mass is 287 g/mol. The Morgan fingerprint density at radius 2 is 1.76 bits per heavy atom. The van der Waals surface area contributed by atoms with Gasteiger partial charge in [-0.15, -0.1) is 0 Å². The topological polar surface area (TPSA) is 50.7 Å². The van der Waals surface area contributed by atoms with Crippen LogP contribution in [-0.4, -0.2) is 19.3 Å². The maximum atomic E-state index is 9.39. The van der Waals surface area contributed by atoms with Gasteiger partial charge in [0.25, 0.3) is 0 Å². The molecule has 1 unspecified atom stereocenters. The molecule has 112 valence electrons. The zero-order valence-corrected chi connectivity index (χ0v) is 12.6. The van der Waals surface area contributed by atoms with Crippen LogP contribution in [0.2, 0.25) is 0 Å². The van der Waals surface area contributed by atoms with Gasteiger partial charge < -0.3 is 19.9 Å². The number of hydrogen-bond acceptors (Lipinski definition) is 4. The van der Waals surface area contributed by atoms with Crippen molar-refractivity contribution in [2.45, 2.75) is 19.4 Å². The van der Waals surface area contributed by atoms with Gasteiger partial charge in [0.05, 0.1) is 25.9 Å². The van der Waals surface area contributed by atoms with Crippen molar-refractivity contribution >= 4 is 5.69 Å². The van der Waals surface area contributed by atoms with Crippen molar-refractivity contribution in [3.05, 3.63) is 48.0 Å². The lowest BCUT2D eigenvalue weighted by Gasteiger charge is -2.21. The van der Waals surface area contributed by atoms with E-state index in [0.717, 1.165) is 29.2 Å². The first-order chi connectivity index (χ1) is 10.2. The minimum atomic E-state index is 0.131. The Hall–Kier alpha value is -2.36. The molecule has 0 radical (unpaired) electrons. The van der Waals surface area contributed by atoms with E-state index in [1.165, 1.54) is 0 Å². The summed E-state index contributed by atoms with van der Waals surface area (Å²) in [7, 11) is 3.29. The molecule has 2 N–H and O–H groups in total. The van der Waals surface area contributed by atoms with Gasteiger partial charge in [-0.2, -0.15) is 0 Å². The van der Waals surface area contributed by atoms with Crippen molar-refractivity contribution in [2.75, 3.05) is 19.5 Å². The van der Waals surface area contributed by atoms with Gasteiger partial charge in [0.2, 0.25) is 0 Å². The van der Waals surface area contributed by atoms with Gasteiger partial charge in [-0.05, 0) is 36.2 Å². The molecule has 2 rings (SSSR count). The van der Waals surface area contributed by atoms with E-state index in [0.29, 0.717) is 0 Å². The molecular weight excluding hydrogens is 266 g/mol. The van der Waals surface area contributed by atoms with Gasteiger partial charge in [0.1, 0.15) is 17.2 Å². The fourth-order valence-electron chi connectivity index (χ4n) is 2.24. The SMILES string of the molecule is CCC(Nc1cc(OC)ccc1OC)c1ccc(O)cc1. The lowest BCUT2D eigenvalue weighted by atomic mass is 10.0. The summed E-state index contributed by atoms with van der Waals surface area (Å²) in [6.45, 7) is 2.11. The van der Waals surface area contributed by atoms with Crippen molar-refractivity contribution in [3.8, 4) is 17.2 Å². The molecule has 0 saturated carbocycles. The normalized spacial score (nSPS) is 11.8. The average molecular weight is 287 g/mol. The maximum Gasteiger partial charge on any atom is 0.142 e. The van der Waals surface area contributed by atoms with Crippen LogP contribution in [0.3, 0.4) is 0 Å². The van der Waals surface area contributed by atoms with Crippen molar-refractivity contribution in [2.24, 2.45) is 0 Å². The Labute approximate surface area is 125 Å². The zero-order valence-electron chi connectivity index (χ0n) is 12.6. The van der Waals surface area contributed by atoms with Crippen LogP contribution in [-0.2, 0) is 0 Å². The molecule has 0 heterocycles. The molecule has 0 spiro atoms. The summed E-state index contributed by atoms with van der Waals surface area (Å²) >= 11 is 0. The highest BCUT2D eigenvalue weighted by atomic mass is 16.5. The predicted molar refractivity (Wildman–Crippen MR) is 84.3 cm³/mol. The molecule has 4 heteroatoms. The standard InChI is InChI=1S/C17H21NO3/c1-4-15(12-5-7-13(19)8-6-12)18-16-11-14(20-2)9-10-17(16)21-3/h5-11,15,18-19H,4H2,1-3H3. The van der Waals surface area contributed by atoms with E-state index in [4.69, 9.17) is 9.47 Å². The summed E-state index contributed by atoms with van der Waals surface area (Å²) in [6, 6.07) is 13.0. The van der Waals surface area contributed by atoms with Crippen molar-refractivity contribution in [3.63, 3.8) is 0 Å². The second-order valence-corrected chi connectivity index (χ2v) is 4.76. The fourth-order valence-corrected chi connectivity index (χ4v) is 2.24. The fraction of sp³-hybridized carbons (Fsp3) is 0.294. The lowest BCUT2D eigenvalue weighted by Crippen LogP contribution is -2.10. The third-order valence-electron chi connectivity index (χ3n) is 3.44. The highest BCUT2D eigenvalue weighted by Crippen LogP contribution is 2.33. The average Bonchev–Trinajstić information content (AvgIpc) is 2.53. The van der Waals surface area contributed by atoms with Crippen LogP contribution < -0.4 is 14.8 Å². The van der Waals surface area contributed by atoms with Crippen molar-refractivity contribution in [1.29, 1.82) is 0 Å². The number of nitrogens with one attached hydrogen (secondary N) is 1. The minimum Gasteiger partial charge on any atom is -0.508 e. The number of rotatable bonds is 6. The number of phenols is 1. The molecule has 0 amide bonds. The second-order valence-electron chi connectivity index (χ2n) is 4.76. The molecule has 0 aliphatic rings. The first-order valence-electron chi connectivity index (χ1n) is 6.95. The summed E-state index contributed by atoms with van der Waals surface area (Å²) in [5.74, 6) is 1.82. The summed E-state index contributed by atoms with van der Waals surface area (Å²) in [6.07, 6.45) is 0.908. The number of benzene rings is 2. The van der Waals surface area contributed by atoms with E-state index in [-0.39, 0.29) is 11.8 Å². The molecule has 0 saturated heterocycles. The van der Waals surface area contributed by atoms with Crippen LogP contribution in [0.4, 0.5) is 5.69 Å². The third kappa shape index (κ3) is 3.60. The molecule has 2 aromatic carbocycles. The highest BCUT2D eigenvalue weighted by molar-refractivity contribution is 5.60. The molecule has 0 aromatic heterocycles. The molecule has 0 bridgehead atoms. The van der Waals surface area contributed by atoms with Gasteiger partial charge in [0, 0.05) is 6.07 Å². The van der Waals surface area contributed by atoms with Crippen LogP contribution in [0.5, 0.6) is 17.2 Å². The molecule has 1 atom stereocenters. The van der Waals surface area contributed by atoms with Gasteiger partial charge in [-0.1, -0.05) is 19.1 Å². The summed E-state index contributed by atoms with van der Waals surface area (Å²) in [5.41, 5.74) is 2.00. The summed E-state index contributed by atoms with van der Waals surface area (Å²) in [5, 5.41) is 12.9. The molecule has 4 nitrogen and oxygen atoms in total. The third-order valence-corrected chi connectivity index (χ3v) is 3.44. The molecule has 0 fully saturated rings. The number of anilines is 1. The number of methoxy groups -OCH3 is 2. The maximum absolute atomic E-state index is 9.39. The van der Waals surface area contributed by atoms with Crippen LogP contribution in [0, 0.1) is 0 Å². The molecule has 0 aliphatic heterocycles. The van der Waals surface area contributed by atoms with Gasteiger partial charge >= 0.3 is 0 Å². The number of phenolic OH excluding ortho intramolecular Hbond substituents is 1. The molecule has 0 aliphatic carbocycles. The van der Waals surface area contributed by atoms with Gasteiger partial charge in [-0.3, -0.25) is 0 Å². The first kappa shape index (κ1) is 15.0. The Bertz CT molecular complexity index is 581. The van der Waals surface area contributed by atoms with Crippen LogP contribution in [0.15, 0.2) is 42.5 Å². The Morgan fingerprint density at radius 3 is 2.33 bits per heavy atom. The number of ether oxygens (including phenoxy) is 2. The molecule has 21 heavy (non-hydrogen) atoms. The lowest BCUT2D eigenvalue weighted by molar-refractivity contribution is 0.404. The second kappa shape index (κ2) is 6.88. The van der Waals surface area contributed by atoms with E-state index in [1.807, 2.05) is 30.3 Å². The predicted octanol–water partition coefficient (Wildman–Crippen LogP) is 3.97. The van der Waals surface area contributed by atoms with E-state index in [2.05, 4.69) is 12.2 Å². The minimum absolute atomic E-state index is 0.131. The van der Waals surface area contributed by atoms with E-state index in [9.17, 15) is 5.11 Å². The number of hydrogen-bond donors (Lipinski definition) is 2. The zero-order chi connectivity index (χ0) is 15.2. The van der Waals surface area contributed by atoms with Crippen molar-refractivity contribution < 1.29 is 14.6 Å². The Morgan fingerprint density at radius 1 is 1.05 bits per heavy atom. The smallest absolute Gasteiger partial charge is 0.142 e. The van der Waals surface area contributed by atoms with Crippen molar-refractivity contribution in [1.82, 2.24) is 0 Å².